The summed E-state index contributed by atoms with van der Waals surface area (Å²) in [6.45, 7) is 0.335. The lowest BCUT2D eigenvalue weighted by Crippen LogP contribution is -2.38. The Morgan fingerprint density at radius 1 is 1.10 bits per heavy atom. The normalized spacial score (nSPS) is 10.9. The molecule has 106 valence electrons. The summed E-state index contributed by atoms with van der Waals surface area (Å²) in [4.78, 5) is 10.9. The van der Waals surface area contributed by atoms with Crippen molar-refractivity contribution >= 4 is 23.0 Å². The lowest BCUT2D eigenvalue weighted by atomic mass is 10.2. The van der Waals surface area contributed by atoms with E-state index in [2.05, 4.69) is 0 Å². The summed E-state index contributed by atoms with van der Waals surface area (Å²) >= 11 is 0. The van der Waals surface area contributed by atoms with Crippen molar-refractivity contribution in [1.29, 1.82) is 0 Å². The number of imidazole rings is 1. The summed E-state index contributed by atoms with van der Waals surface area (Å²) < 4.78 is 3.47. The van der Waals surface area contributed by atoms with E-state index in [0.29, 0.717) is 12.5 Å². The van der Waals surface area contributed by atoms with Gasteiger partial charge in [-0.2, -0.15) is 0 Å². The molecule has 0 amide bonds. The Balaban J connectivity index is 2.14. The number of rotatable bonds is 4. The number of carboxylic acid groups (broad SMARTS) is 1. The van der Waals surface area contributed by atoms with Crippen LogP contribution in [-0.4, -0.2) is 10.5 Å². The van der Waals surface area contributed by atoms with E-state index in [1.807, 2.05) is 59.2 Å². The van der Waals surface area contributed by atoms with Crippen LogP contribution >= 0.6 is 0 Å². The van der Waals surface area contributed by atoms with Crippen LogP contribution in [0.1, 0.15) is 5.56 Å². The molecule has 0 bridgehead atoms. The van der Waals surface area contributed by atoms with Crippen molar-refractivity contribution in [3.05, 3.63) is 60.2 Å². The number of hydrogen-bond donors (Lipinski definition) is 1. The van der Waals surface area contributed by atoms with Gasteiger partial charge >= 0.3 is 5.95 Å². The lowest BCUT2D eigenvalue weighted by molar-refractivity contribution is -0.648. The Hall–Kier alpha value is -2.82. The average Bonchev–Trinajstić information content (AvgIpc) is 2.74. The largest absolute Gasteiger partial charge is 0.547 e. The van der Waals surface area contributed by atoms with Gasteiger partial charge in [-0.1, -0.05) is 42.5 Å². The number of nitrogens with zero attached hydrogens (tertiary/aromatic N) is 2. The van der Waals surface area contributed by atoms with Crippen molar-refractivity contribution in [2.75, 3.05) is 5.73 Å². The SMILES string of the molecule is Nc1n(CC(=O)[O-])c2ccccc2[n+]1Cc1ccccc1. The fraction of sp³-hybridized carbons (Fsp3) is 0.125. The quantitative estimate of drug-likeness (QED) is 0.699. The monoisotopic (exact) mass is 281 g/mol. The highest BCUT2D eigenvalue weighted by Crippen LogP contribution is 2.16. The summed E-state index contributed by atoms with van der Waals surface area (Å²) in [6.07, 6.45) is 0. The third-order valence-corrected chi connectivity index (χ3v) is 3.49. The number of nitrogens with two attached hydrogens (primary N) is 1. The smallest absolute Gasteiger partial charge is 0.356 e. The number of carbonyl (C=O) groups excluding carboxylic acids is 1. The fourth-order valence-electron chi connectivity index (χ4n) is 2.54. The molecule has 0 aliphatic carbocycles. The molecule has 5 nitrogen and oxygen atoms in total. The number of nitrogen functional groups attached to an aromatic ring is 1. The minimum atomic E-state index is -1.16. The van der Waals surface area contributed by atoms with E-state index in [-0.39, 0.29) is 6.54 Å². The van der Waals surface area contributed by atoms with Gasteiger partial charge in [-0.15, -0.1) is 0 Å². The molecule has 2 aromatic carbocycles. The molecular formula is C16H15N3O2. The zero-order valence-corrected chi connectivity index (χ0v) is 11.4. The molecular weight excluding hydrogens is 266 g/mol. The first-order chi connectivity index (χ1) is 10.2. The van der Waals surface area contributed by atoms with Gasteiger partial charge in [0.05, 0.1) is 12.5 Å². The average molecular weight is 281 g/mol. The van der Waals surface area contributed by atoms with Gasteiger partial charge in [0.1, 0.15) is 17.6 Å². The molecule has 21 heavy (non-hydrogen) atoms. The van der Waals surface area contributed by atoms with Gasteiger partial charge in [-0.3, -0.25) is 5.73 Å². The Kier molecular flexibility index (Phi) is 3.31. The summed E-state index contributed by atoms with van der Waals surface area (Å²) in [5.41, 5.74) is 8.94. The number of benzene rings is 2. The van der Waals surface area contributed by atoms with Crippen LogP contribution < -0.4 is 15.4 Å². The first-order valence-corrected chi connectivity index (χ1v) is 6.67. The first-order valence-electron chi connectivity index (χ1n) is 6.67. The summed E-state index contributed by atoms with van der Waals surface area (Å²) in [6, 6.07) is 17.5. The Morgan fingerprint density at radius 3 is 2.48 bits per heavy atom. The third kappa shape index (κ3) is 2.45. The maximum atomic E-state index is 10.9. The van der Waals surface area contributed by atoms with Gasteiger partial charge in [0.15, 0.2) is 0 Å². The molecule has 0 saturated heterocycles. The molecule has 0 spiro atoms. The molecule has 1 heterocycles. The highest BCUT2D eigenvalue weighted by molar-refractivity contribution is 5.76. The highest BCUT2D eigenvalue weighted by Gasteiger charge is 2.20. The number of fused-ring (bicyclic) bond motifs is 1. The van der Waals surface area contributed by atoms with Crippen LogP contribution in [0.25, 0.3) is 11.0 Å². The minimum Gasteiger partial charge on any atom is -0.547 e. The van der Waals surface area contributed by atoms with Crippen LogP contribution in [-0.2, 0) is 17.9 Å². The van der Waals surface area contributed by atoms with Crippen LogP contribution in [0.4, 0.5) is 5.95 Å². The van der Waals surface area contributed by atoms with Gasteiger partial charge in [-0.25, -0.2) is 9.13 Å². The van der Waals surface area contributed by atoms with Gasteiger partial charge in [0.2, 0.25) is 0 Å². The molecule has 2 N–H and O–H groups in total. The van der Waals surface area contributed by atoms with E-state index in [4.69, 9.17) is 5.73 Å². The van der Waals surface area contributed by atoms with Gasteiger partial charge in [-0.05, 0) is 17.7 Å². The predicted octanol–water partition coefficient (Wildman–Crippen LogP) is 0.309. The molecule has 0 atom stereocenters. The molecule has 0 saturated carbocycles. The van der Waals surface area contributed by atoms with E-state index in [0.717, 1.165) is 16.6 Å². The molecule has 1 aromatic heterocycles. The summed E-state index contributed by atoms with van der Waals surface area (Å²) in [5, 5.41) is 10.9. The molecule has 0 aliphatic rings. The van der Waals surface area contributed by atoms with Crippen LogP contribution in [0.15, 0.2) is 54.6 Å². The molecule has 0 fully saturated rings. The van der Waals surface area contributed by atoms with E-state index < -0.39 is 5.97 Å². The number of aliphatic carboxylic acids is 1. The van der Waals surface area contributed by atoms with Crippen molar-refractivity contribution < 1.29 is 14.5 Å². The molecule has 0 aliphatic heterocycles. The molecule has 3 aromatic rings. The second-order valence-electron chi connectivity index (χ2n) is 4.88. The van der Waals surface area contributed by atoms with Crippen LogP contribution in [0.5, 0.6) is 0 Å². The predicted molar refractivity (Wildman–Crippen MR) is 77.1 cm³/mol. The number of carbonyl (C=O) groups is 1. The maximum absolute atomic E-state index is 10.9. The van der Waals surface area contributed by atoms with Crippen molar-refractivity contribution in [2.24, 2.45) is 0 Å². The molecule has 0 unspecified atom stereocenters. The first kappa shape index (κ1) is 13.2. The maximum Gasteiger partial charge on any atom is 0.356 e. The van der Waals surface area contributed by atoms with Crippen molar-refractivity contribution in [3.8, 4) is 0 Å². The van der Waals surface area contributed by atoms with Crippen molar-refractivity contribution in [3.63, 3.8) is 0 Å². The second-order valence-corrected chi connectivity index (χ2v) is 4.88. The van der Waals surface area contributed by atoms with E-state index >= 15 is 0 Å². The van der Waals surface area contributed by atoms with Gasteiger partial charge in [0, 0.05) is 0 Å². The van der Waals surface area contributed by atoms with Crippen molar-refractivity contribution in [1.82, 2.24) is 4.57 Å². The van der Waals surface area contributed by atoms with Crippen LogP contribution in [0, 0.1) is 0 Å². The standard InChI is InChI=1S/C16H15N3O2/c17-16-18(10-12-6-2-1-3-7-12)13-8-4-5-9-14(13)19(16)11-15(20)21/h1-9,17H,10-11H2,(H,20,21). The second kappa shape index (κ2) is 5.28. The van der Waals surface area contributed by atoms with E-state index in [1.54, 1.807) is 4.57 Å². The highest BCUT2D eigenvalue weighted by atomic mass is 16.4. The van der Waals surface area contributed by atoms with Gasteiger partial charge < -0.3 is 9.90 Å². The van der Waals surface area contributed by atoms with E-state index in [9.17, 15) is 9.90 Å². The third-order valence-electron chi connectivity index (χ3n) is 3.49. The van der Waals surface area contributed by atoms with E-state index in [1.165, 1.54) is 0 Å². The number of para-hydroxylation sites is 2. The van der Waals surface area contributed by atoms with Crippen LogP contribution in [0.3, 0.4) is 0 Å². The van der Waals surface area contributed by atoms with Gasteiger partial charge in [0.25, 0.3) is 0 Å². The molecule has 3 rings (SSSR count). The topological polar surface area (TPSA) is 75.0 Å². The zero-order valence-electron chi connectivity index (χ0n) is 11.4. The number of hydrogen-bond acceptors (Lipinski definition) is 3. The zero-order chi connectivity index (χ0) is 14.8. The fourth-order valence-corrected chi connectivity index (χ4v) is 2.54. The summed E-state index contributed by atoms with van der Waals surface area (Å²) in [5.74, 6) is -0.751. The number of aromatic nitrogens is 2. The van der Waals surface area contributed by atoms with Crippen LogP contribution in [0.2, 0.25) is 0 Å². The molecule has 0 radical (unpaired) electrons. The van der Waals surface area contributed by atoms with Crippen molar-refractivity contribution in [2.45, 2.75) is 13.1 Å². The Morgan fingerprint density at radius 2 is 1.76 bits per heavy atom. The number of carboxylic acids is 1. The molecule has 5 heteroatoms. The Labute approximate surface area is 121 Å². The minimum absolute atomic E-state index is 0.256. The lowest BCUT2D eigenvalue weighted by Gasteiger charge is -2.03. The summed E-state index contributed by atoms with van der Waals surface area (Å²) in [7, 11) is 0. The number of anilines is 1. The Bertz CT molecular complexity index is 794.